The van der Waals surface area contributed by atoms with Gasteiger partial charge in [-0.25, -0.2) is 0 Å². The molecular weight excluding hydrogens is 344 g/mol. The maximum absolute atomic E-state index is 6.40. The van der Waals surface area contributed by atoms with Gasteiger partial charge in [0.15, 0.2) is 6.29 Å². The van der Waals surface area contributed by atoms with Gasteiger partial charge in [0.05, 0.1) is 12.7 Å². The summed E-state index contributed by atoms with van der Waals surface area (Å²) in [5.41, 5.74) is 2.10. The molecule has 1 aliphatic heterocycles. The molecule has 0 saturated carbocycles. The minimum Gasteiger partial charge on any atom is -0.348 e. The van der Waals surface area contributed by atoms with E-state index < -0.39 is 6.29 Å². The van der Waals surface area contributed by atoms with Crippen molar-refractivity contribution in [3.63, 3.8) is 0 Å². The molecule has 3 rings (SSSR count). The van der Waals surface area contributed by atoms with Gasteiger partial charge in [0.1, 0.15) is 0 Å². The van der Waals surface area contributed by atoms with Gasteiger partial charge < -0.3 is 9.47 Å². The molecule has 3 unspecified atom stereocenters. The number of hydrogen-bond acceptors (Lipinski definition) is 2. The predicted octanol–water partition coefficient (Wildman–Crippen LogP) is 6.88. The third-order valence-electron chi connectivity index (χ3n) is 4.77. The molecule has 0 amide bonds. The zero-order chi connectivity index (χ0) is 18.2. The zero-order valence-corrected chi connectivity index (χ0v) is 16.1. The molecule has 0 bridgehead atoms. The molecule has 1 heterocycles. The minimum absolute atomic E-state index is 0.0193. The van der Waals surface area contributed by atoms with Crippen molar-refractivity contribution in [2.24, 2.45) is 5.92 Å². The first kappa shape index (κ1) is 19.2. The summed E-state index contributed by atoms with van der Waals surface area (Å²) in [6.07, 6.45) is 8.60. The lowest BCUT2D eigenvalue weighted by molar-refractivity contribution is -0.245. The Morgan fingerprint density at radius 2 is 1.73 bits per heavy atom. The van der Waals surface area contributed by atoms with Gasteiger partial charge in [-0.3, -0.25) is 0 Å². The summed E-state index contributed by atoms with van der Waals surface area (Å²) < 4.78 is 12.5. The van der Waals surface area contributed by atoms with Crippen LogP contribution in [0.3, 0.4) is 0 Å². The minimum atomic E-state index is -0.416. The van der Waals surface area contributed by atoms with Crippen LogP contribution in [0.4, 0.5) is 0 Å². The maximum atomic E-state index is 6.40. The maximum Gasteiger partial charge on any atom is 0.185 e. The lowest BCUT2D eigenvalue weighted by Gasteiger charge is -2.37. The Morgan fingerprint density at radius 3 is 2.50 bits per heavy atom. The first-order chi connectivity index (χ1) is 12.8. The SMILES string of the molecule is CCC/C=C\CCC1COC(c2ccccc2Cl)OC1c1ccccc1. The molecule has 0 spiro atoms. The summed E-state index contributed by atoms with van der Waals surface area (Å²) in [5.74, 6) is 0.336. The van der Waals surface area contributed by atoms with Crippen molar-refractivity contribution in [2.75, 3.05) is 6.61 Å². The molecule has 2 aromatic carbocycles. The molecule has 3 atom stereocenters. The van der Waals surface area contributed by atoms with Gasteiger partial charge in [-0.05, 0) is 30.9 Å². The number of unbranched alkanes of at least 4 members (excludes halogenated alkanes) is 1. The second-order valence-corrected chi connectivity index (χ2v) is 7.16. The molecule has 138 valence electrons. The van der Waals surface area contributed by atoms with Gasteiger partial charge in [-0.1, -0.05) is 85.6 Å². The number of halogens is 1. The van der Waals surface area contributed by atoms with Crippen molar-refractivity contribution in [1.82, 2.24) is 0 Å². The van der Waals surface area contributed by atoms with Gasteiger partial charge in [0.25, 0.3) is 0 Å². The number of benzene rings is 2. The van der Waals surface area contributed by atoms with Crippen molar-refractivity contribution in [2.45, 2.75) is 45.0 Å². The molecule has 3 heteroatoms. The van der Waals surface area contributed by atoms with Gasteiger partial charge >= 0.3 is 0 Å². The third kappa shape index (κ3) is 4.97. The van der Waals surface area contributed by atoms with Crippen LogP contribution in [-0.4, -0.2) is 6.61 Å². The lowest BCUT2D eigenvalue weighted by Crippen LogP contribution is -2.30. The summed E-state index contributed by atoms with van der Waals surface area (Å²) >= 11 is 6.35. The van der Waals surface area contributed by atoms with Crippen molar-refractivity contribution >= 4 is 11.6 Å². The topological polar surface area (TPSA) is 18.5 Å². The van der Waals surface area contributed by atoms with Gasteiger partial charge in [0.2, 0.25) is 0 Å². The summed E-state index contributed by atoms with van der Waals surface area (Å²) in [4.78, 5) is 0. The Bertz CT molecular complexity index is 698. The predicted molar refractivity (Wildman–Crippen MR) is 107 cm³/mol. The molecule has 1 aliphatic rings. The Morgan fingerprint density at radius 1 is 1.00 bits per heavy atom. The molecule has 0 aromatic heterocycles. The fraction of sp³-hybridized carbons (Fsp3) is 0.391. The molecule has 1 saturated heterocycles. The third-order valence-corrected chi connectivity index (χ3v) is 5.12. The lowest BCUT2D eigenvalue weighted by atomic mass is 9.91. The van der Waals surface area contributed by atoms with Crippen LogP contribution >= 0.6 is 11.6 Å². The number of hydrogen-bond donors (Lipinski definition) is 0. The van der Waals surface area contributed by atoms with Gasteiger partial charge in [-0.15, -0.1) is 0 Å². The molecule has 2 nitrogen and oxygen atoms in total. The molecular formula is C23H27ClO2. The van der Waals surface area contributed by atoms with Crippen molar-refractivity contribution in [3.05, 3.63) is 82.9 Å². The molecule has 0 radical (unpaired) electrons. The summed E-state index contributed by atoms with van der Waals surface area (Å²) in [6, 6.07) is 18.2. The molecule has 1 fully saturated rings. The largest absolute Gasteiger partial charge is 0.348 e. The number of rotatable bonds is 7. The van der Waals surface area contributed by atoms with E-state index in [1.807, 2.05) is 30.3 Å². The van der Waals surface area contributed by atoms with E-state index in [1.54, 1.807) is 0 Å². The molecule has 2 aromatic rings. The Kier molecular flexibility index (Phi) is 7.31. The first-order valence-electron chi connectivity index (χ1n) is 9.51. The highest BCUT2D eigenvalue weighted by atomic mass is 35.5. The van der Waals surface area contributed by atoms with E-state index in [0.717, 1.165) is 24.8 Å². The van der Waals surface area contributed by atoms with Crippen LogP contribution in [0.1, 0.15) is 56.1 Å². The highest BCUT2D eigenvalue weighted by Crippen LogP contribution is 2.41. The monoisotopic (exact) mass is 370 g/mol. The smallest absolute Gasteiger partial charge is 0.185 e. The van der Waals surface area contributed by atoms with Gasteiger partial charge in [0, 0.05) is 16.5 Å². The highest BCUT2D eigenvalue weighted by molar-refractivity contribution is 6.31. The summed E-state index contributed by atoms with van der Waals surface area (Å²) in [5, 5.41) is 0.685. The fourth-order valence-electron chi connectivity index (χ4n) is 3.35. The van der Waals surface area contributed by atoms with Crippen LogP contribution in [0.15, 0.2) is 66.7 Å². The van der Waals surface area contributed by atoms with Crippen LogP contribution in [0.25, 0.3) is 0 Å². The standard InChI is InChI=1S/C23H27ClO2/c1-2-3-4-5-7-14-19-17-25-23(20-15-10-11-16-21(20)24)26-22(19)18-12-8-6-9-13-18/h4-6,8-13,15-16,19,22-23H,2-3,7,14,17H2,1H3/b5-4-. The normalized spacial score (nSPS) is 23.4. The van der Waals surface area contributed by atoms with Crippen LogP contribution < -0.4 is 0 Å². The van der Waals surface area contributed by atoms with Gasteiger partial charge in [-0.2, -0.15) is 0 Å². The van der Waals surface area contributed by atoms with E-state index in [2.05, 4.69) is 43.3 Å². The Labute approximate surface area is 161 Å². The van der Waals surface area contributed by atoms with E-state index in [1.165, 1.54) is 12.0 Å². The van der Waals surface area contributed by atoms with Crippen molar-refractivity contribution in [1.29, 1.82) is 0 Å². The quantitative estimate of drug-likeness (QED) is 0.494. The average Bonchev–Trinajstić information content (AvgIpc) is 2.69. The highest BCUT2D eigenvalue weighted by Gasteiger charge is 2.34. The second-order valence-electron chi connectivity index (χ2n) is 6.75. The van der Waals surface area contributed by atoms with E-state index in [0.29, 0.717) is 17.5 Å². The Balaban J connectivity index is 1.73. The van der Waals surface area contributed by atoms with Crippen molar-refractivity contribution < 1.29 is 9.47 Å². The molecule has 26 heavy (non-hydrogen) atoms. The van der Waals surface area contributed by atoms with Crippen molar-refractivity contribution in [3.8, 4) is 0 Å². The number of allylic oxidation sites excluding steroid dienone is 2. The zero-order valence-electron chi connectivity index (χ0n) is 15.3. The second kappa shape index (κ2) is 9.91. The number of ether oxygens (including phenoxy) is 2. The first-order valence-corrected chi connectivity index (χ1v) is 9.88. The van der Waals surface area contributed by atoms with E-state index in [-0.39, 0.29) is 6.10 Å². The summed E-state index contributed by atoms with van der Waals surface area (Å²) in [6.45, 7) is 2.88. The van der Waals surface area contributed by atoms with E-state index in [4.69, 9.17) is 21.1 Å². The van der Waals surface area contributed by atoms with Crippen LogP contribution in [0.2, 0.25) is 5.02 Å². The summed E-state index contributed by atoms with van der Waals surface area (Å²) in [7, 11) is 0. The molecule has 0 N–H and O–H groups in total. The van der Waals surface area contributed by atoms with E-state index in [9.17, 15) is 0 Å². The van der Waals surface area contributed by atoms with E-state index >= 15 is 0 Å². The van der Waals surface area contributed by atoms with Crippen LogP contribution in [-0.2, 0) is 9.47 Å². The fourth-order valence-corrected chi connectivity index (χ4v) is 3.58. The molecule has 0 aliphatic carbocycles. The van der Waals surface area contributed by atoms with Crippen LogP contribution in [0.5, 0.6) is 0 Å². The van der Waals surface area contributed by atoms with Crippen LogP contribution in [0, 0.1) is 5.92 Å². The Hall–Kier alpha value is -1.61. The average molecular weight is 371 g/mol.